The molecule has 2 N–H and O–H groups in total. The van der Waals surface area contributed by atoms with Crippen molar-refractivity contribution in [2.45, 2.75) is 13.0 Å². The van der Waals surface area contributed by atoms with Crippen molar-refractivity contribution < 1.29 is 13.2 Å². The van der Waals surface area contributed by atoms with Crippen molar-refractivity contribution >= 4 is 5.69 Å². The summed E-state index contributed by atoms with van der Waals surface area (Å²) in [5.41, 5.74) is 6.17. The minimum Gasteiger partial charge on any atom is -0.363 e. The number of anilines is 1. The first kappa shape index (κ1) is 15.4. The lowest BCUT2D eigenvalue weighted by Gasteiger charge is -2.32. The molecule has 2 rings (SSSR count). The van der Waals surface area contributed by atoms with Gasteiger partial charge in [-0.05, 0) is 37.3 Å². The summed E-state index contributed by atoms with van der Waals surface area (Å²) in [6, 6.07) is 8.88. The standard InChI is InChI=1S/C16H17F3N2/c1-2-21(12-6-3-5-11(17)9-12)15(10-20)16-13(18)7-4-8-14(16)19/h3-9,15H,2,10,20H2,1H3. The molecule has 5 heteroatoms. The Labute approximate surface area is 122 Å². The van der Waals surface area contributed by atoms with Crippen LogP contribution in [0.15, 0.2) is 42.5 Å². The molecule has 0 saturated carbocycles. The molecule has 0 heterocycles. The number of rotatable bonds is 5. The van der Waals surface area contributed by atoms with E-state index in [1.807, 2.05) is 6.92 Å². The summed E-state index contributed by atoms with van der Waals surface area (Å²) in [4.78, 5) is 1.69. The van der Waals surface area contributed by atoms with Crippen LogP contribution in [-0.4, -0.2) is 13.1 Å². The predicted molar refractivity (Wildman–Crippen MR) is 77.6 cm³/mol. The second-order valence-corrected chi connectivity index (χ2v) is 4.65. The molecule has 0 spiro atoms. The number of halogens is 3. The first-order valence-electron chi connectivity index (χ1n) is 6.74. The van der Waals surface area contributed by atoms with Gasteiger partial charge in [0.2, 0.25) is 0 Å². The summed E-state index contributed by atoms with van der Waals surface area (Å²) >= 11 is 0. The fourth-order valence-corrected chi connectivity index (χ4v) is 2.47. The second kappa shape index (κ2) is 6.63. The lowest BCUT2D eigenvalue weighted by molar-refractivity contribution is 0.511. The summed E-state index contributed by atoms with van der Waals surface area (Å²) in [6.45, 7) is 2.29. The fourth-order valence-electron chi connectivity index (χ4n) is 2.47. The Morgan fingerprint density at radius 1 is 1.05 bits per heavy atom. The highest BCUT2D eigenvalue weighted by atomic mass is 19.1. The van der Waals surface area contributed by atoms with E-state index in [0.717, 1.165) is 0 Å². The lowest BCUT2D eigenvalue weighted by atomic mass is 10.0. The van der Waals surface area contributed by atoms with Crippen LogP contribution in [0.1, 0.15) is 18.5 Å². The van der Waals surface area contributed by atoms with Crippen molar-refractivity contribution in [2.75, 3.05) is 18.0 Å². The molecule has 0 amide bonds. The molecule has 1 unspecified atom stereocenters. The van der Waals surface area contributed by atoms with E-state index >= 15 is 0 Å². The van der Waals surface area contributed by atoms with Crippen molar-refractivity contribution in [3.63, 3.8) is 0 Å². The number of benzene rings is 2. The fraction of sp³-hybridized carbons (Fsp3) is 0.250. The molecular weight excluding hydrogens is 277 g/mol. The van der Waals surface area contributed by atoms with Crippen LogP contribution in [0.2, 0.25) is 0 Å². The molecule has 2 nitrogen and oxygen atoms in total. The topological polar surface area (TPSA) is 29.3 Å². The third-order valence-electron chi connectivity index (χ3n) is 3.41. The normalized spacial score (nSPS) is 12.2. The van der Waals surface area contributed by atoms with Gasteiger partial charge in [0.15, 0.2) is 0 Å². The summed E-state index contributed by atoms with van der Waals surface area (Å²) in [5.74, 6) is -1.71. The summed E-state index contributed by atoms with van der Waals surface area (Å²) in [6.07, 6.45) is 0. The Hall–Kier alpha value is -2.01. The SMILES string of the molecule is CCN(c1cccc(F)c1)C(CN)c1c(F)cccc1F. The third kappa shape index (κ3) is 3.19. The van der Waals surface area contributed by atoms with Crippen LogP contribution >= 0.6 is 0 Å². The Morgan fingerprint density at radius 3 is 2.19 bits per heavy atom. The molecule has 0 bridgehead atoms. The van der Waals surface area contributed by atoms with E-state index in [-0.39, 0.29) is 12.1 Å². The van der Waals surface area contributed by atoms with Gasteiger partial charge in [0.25, 0.3) is 0 Å². The quantitative estimate of drug-likeness (QED) is 0.912. The molecule has 0 aliphatic heterocycles. The van der Waals surface area contributed by atoms with Gasteiger partial charge in [-0.15, -0.1) is 0 Å². The van der Waals surface area contributed by atoms with Crippen molar-refractivity contribution in [3.05, 3.63) is 65.5 Å². The van der Waals surface area contributed by atoms with Crippen LogP contribution in [0, 0.1) is 17.5 Å². The summed E-state index contributed by atoms with van der Waals surface area (Å²) in [5, 5.41) is 0. The number of likely N-dealkylation sites (N-methyl/N-ethyl adjacent to an activating group) is 1. The van der Waals surface area contributed by atoms with Gasteiger partial charge in [-0.3, -0.25) is 0 Å². The van der Waals surface area contributed by atoms with Crippen molar-refractivity contribution in [1.82, 2.24) is 0 Å². The first-order chi connectivity index (χ1) is 10.1. The number of nitrogens with two attached hydrogens (primary N) is 1. The molecule has 112 valence electrons. The average Bonchev–Trinajstić information content (AvgIpc) is 2.46. The molecule has 2 aromatic rings. The molecule has 0 fully saturated rings. The van der Waals surface area contributed by atoms with Crippen LogP contribution in [0.4, 0.5) is 18.9 Å². The van der Waals surface area contributed by atoms with Gasteiger partial charge in [-0.2, -0.15) is 0 Å². The van der Waals surface area contributed by atoms with Crippen molar-refractivity contribution in [1.29, 1.82) is 0 Å². The Bertz CT molecular complexity index is 596. The highest BCUT2D eigenvalue weighted by Crippen LogP contribution is 2.30. The van der Waals surface area contributed by atoms with Crippen LogP contribution in [0.25, 0.3) is 0 Å². The molecule has 0 aromatic heterocycles. The van der Waals surface area contributed by atoms with E-state index in [1.54, 1.807) is 17.0 Å². The van der Waals surface area contributed by atoms with E-state index in [9.17, 15) is 13.2 Å². The molecular formula is C16H17F3N2. The Balaban J connectivity index is 2.48. The summed E-state index contributed by atoms with van der Waals surface area (Å²) in [7, 11) is 0. The molecule has 0 aliphatic rings. The highest BCUT2D eigenvalue weighted by Gasteiger charge is 2.24. The zero-order valence-corrected chi connectivity index (χ0v) is 11.7. The zero-order chi connectivity index (χ0) is 15.4. The molecule has 1 atom stereocenters. The van der Waals surface area contributed by atoms with Gasteiger partial charge in [-0.25, -0.2) is 13.2 Å². The number of nitrogens with zero attached hydrogens (tertiary/aromatic N) is 1. The van der Waals surface area contributed by atoms with Crippen molar-refractivity contribution in [3.8, 4) is 0 Å². The lowest BCUT2D eigenvalue weighted by Crippen LogP contribution is -2.35. The Morgan fingerprint density at radius 2 is 1.67 bits per heavy atom. The highest BCUT2D eigenvalue weighted by molar-refractivity contribution is 5.49. The summed E-state index contributed by atoms with van der Waals surface area (Å²) < 4.78 is 41.4. The van der Waals surface area contributed by atoms with Gasteiger partial charge in [0.05, 0.1) is 6.04 Å². The van der Waals surface area contributed by atoms with Crippen molar-refractivity contribution in [2.24, 2.45) is 5.73 Å². The maximum atomic E-state index is 14.0. The van der Waals surface area contributed by atoms with Gasteiger partial charge in [-0.1, -0.05) is 12.1 Å². The minimum atomic E-state index is -0.696. The molecule has 0 radical (unpaired) electrons. The minimum absolute atomic E-state index is 0.0161. The monoisotopic (exact) mass is 294 g/mol. The van der Waals surface area contributed by atoms with Gasteiger partial charge in [0, 0.05) is 24.3 Å². The molecule has 0 saturated heterocycles. The van der Waals surface area contributed by atoms with E-state index in [1.165, 1.54) is 30.3 Å². The molecule has 21 heavy (non-hydrogen) atoms. The third-order valence-corrected chi connectivity index (χ3v) is 3.41. The number of hydrogen-bond donors (Lipinski definition) is 1. The first-order valence-corrected chi connectivity index (χ1v) is 6.74. The van der Waals surface area contributed by atoms with Crippen LogP contribution < -0.4 is 10.6 Å². The van der Waals surface area contributed by atoms with Gasteiger partial charge < -0.3 is 10.6 Å². The van der Waals surface area contributed by atoms with Gasteiger partial charge in [0.1, 0.15) is 17.5 Å². The van der Waals surface area contributed by atoms with Gasteiger partial charge >= 0.3 is 0 Å². The maximum absolute atomic E-state index is 14.0. The van der Waals surface area contributed by atoms with Crippen LogP contribution in [-0.2, 0) is 0 Å². The average molecular weight is 294 g/mol. The number of hydrogen-bond acceptors (Lipinski definition) is 2. The van der Waals surface area contributed by atoms with E-state index in [4.69, 9.17) is 5.73 Å². The Kier molecular flexibility index (Phi) is 4.85. The van der Waals surface area contributed by atoms with E-state index in [0.29, 0.717) is 12.2 Å². The largest absolute Gasteiger partial charge is 0.363 e. The van der Waals surface area contributed by atoms with E-state index < -0.39 is 23.5 Å². The predicted octanol–water partition coefficient (Wildman–Crippen LogP) is 3.63. The molecule has 0 aliphatic carbocycles. The smallest absolute Gasteiger partial charge is 0.131 e. The molecule has 2 aromatic carbocycles. The zero-order valence-electron chi connectivity index (χ0n) is 11.7. The van der Waals surface area contributed by atoms with Crippen LogP contribution in [0.5, 0.6) is 0 Å². The maximum Gasteiger partial charge on any atom is 0.131 e. The van der Waals surface area contributed by atoms with E-state index in [2.05, 4.69) is 0 Å². The van der Waals surface area contributed by atoms with Crippen LogP contribution in [0.3, 0.4) is 0 Å². The second-order valence-electron chi connectivity index (χ2n) is 4.65.